The average Bonchev–Trinajstić information content (AvgIpc) is 2.53. The first kappa shape index (κ1) is 20.0. The van der Waals surface area contributed by atoms with E-state index in [0.717, 1.165) is 30.2 Å². The van der Waals surface area contributed by atoms with Crippen LogP contribution in [0.25, 0.3) is 0 Å². The topological polar surface area (TPSA) is 65.9 Å². The van der Waals surface area contributed by atoms with Crippen LogP contribution in [0.2, 0.25) is 0 Å². The smallest absolute Gasteiger partial charge is 0.191 e. The molecular formula is C17H28IN3O2. The van der Waals surface area contributed by atoms with Crippen LogP contribution >= 0.6 is 24.0 Å². The SMILES string of the molecule is CCNC(=NCC(C)(O)CC)NC1CCOc2ccccc21.I. The largest absolute Gasteiger partial charge is 0.493 e. The molecule has 23 heavy (non-hydrogen) atoms. The van der Waals surface area contributed by atoms with Gasteiger partial charge in [-0.3, -0.25) is 4.99 Å². The van der Waals surface area contributed by atoms with Gasteiger partial charge in [0.05, 0.1) is 24.8 Å². The highest BCUT2D eigenvalue weighted by Crippen LogP contribution is 2.31. The number of guanidine groups is 1. The molecule has 1 aromatic carbocycles. The number of benzene rings is 1. The van der Waals surface area contributed by atoms with Crippen molar-refractivity contribution < 1.29 is 9.84 Å². The standard InChI is InChI=1S/C17H27N3O2.HI/c1-4-17(3,21)12-19-16(18-5-2)20-14-10-11-22-15-9-7-6-8-13(14)15;/h6-9,14,21H,4-5,10-12H2,1-3H3,(H2,18,19,20);1H. The minimum absolute atomic E-state index is 0. The normalized spacial score (nSPS) is 19.7. The van der Waals surface area contributed by atoms with Gasteiger partial charge in [-0.15, -0.1) is 24.0 Å². The molecule has 0 aromatic heterocycles. The molecule has 1 aliphatic heterocycles. The summed E-state index contributed by atoms with van der Waals surface area (Å²) in [4.78, 5) is 4.53. The number of nitrogens with one attached hydrogen (secondary N) is 2. The molecule has 0 spiro atoms. The second kappa shape index (κ2) is 9.32. The van der Waals surface area contributed by atoms with E-state index in [1.54, 1.807) is 0 Å². The quantitative estimate of drug-likeness (QED) is 0.380. The Morgan fingerprint density at radius 3 is 2.83 bits per heavy atom. The third-order valence-corrected chi connectivity index (χ3v) is 3.95. The maximum absolute atomic E-state index is 10.1. The van der Waals surface area contributed by atoms with Gasteiger partial charge in [-0.1, -0.05) is 25.1 Å². The van der Waals surface area contributed by atoms with Gasteiger partial charge in [0, 0.05) is 18.5 Å². The van der Waals surface area contributed by atoms with Crippen molar-refractivity contribution in [2.24, 2.45) is 4.99 Å². The van der Waals surface area contributed by atoms with Gasteiger partial charge in [0.1, 0.15) is 5.75 Å². The number of para-hydroxylation sites is 1. The molecule has 0 saturated carbocycles. The number of ether oxygens (including phenoxy) is 1. The van der Waals surface area contributed by atoms with Crippen LogP contribution in [0.3, 0.4) is 0 Å². The van der Waals surface area contributed by atoms with E-state index in [-0.39, 0.29) is 30.0 Å². The van der Waals surface area contributed by atoms with Crippen molar-refractivity contribution in [3.63, 3.8) is 0 Å². The van der Waals surface area contributed by atoms with Crippen molar-refractivity contribution in [1.82, 2.24) is 10.6 Å². The highest BCUT2D eigenvalue weighted by atomic mass is 127. The zero-order valence-corrected chi connectivity index (χ0v) is 16.5. The number of aliphatic imine (C=N–C) groups is 1. The first-order chi connectivity index (χ1) is 10.6. The molecule has 1 heterocycles. The Labute approximate surface area is 155 Å². The number of hydrogen-bond donors (Lipinski definition) is 3. The van der Waals surface area contributed by atoms with Crippen molar-refractivity contribution >= 4 is 29.9 Å². The summed E-state index contributed by atoms with van der Waals surface area (Å²) >= 11 is 0. The Kier molecular flexibility index (Phi) is 8.11. The molecule has 0 fully saturated rings. The molecule has 0 bridgehead atoms. The predicted octanol–water partition coefficient (Wildman–Crippen LogP) is 2.84. The zero-order chi connectivity index (χ0) is 16.0. The lowest BCUT2D eigenvalue weighted by Gasteiger charge is -2.28. The lowest BCUT2D eigenvalue weighted by Crippen LogP contribution is -2.42. The molecule has 2 rings (SSSR count). The predicted molar refractivity (Wildman–Crippen MR) is 105 cm³/mol. The van der Waals surface area contributed by atoms with Crippen molar-refractivity contribution in [1.29, 1.82) is 0 Å². The molecule has 3 N–H and O–H groups in total. The van der Waals surface area contributed by atoms with Gasteiger partial charge in [0.25, 0.3) is 0 Å². The third-order valence-electron chi connectivity index (χ3n) is 3.95. The second-order valence-electron chi connectivity index (χ2n) is 5.92. The highest BCUT2D eigenvalue weighted by Gasteiger charge is 2.22. The van der Waals surface area contributed by atoms with E-state index in [4.69, 9.17) is 4.74 Å². The molecular weight excluding hydrogens is 405 g/mol. The minimum Gasteiger partial charge on any atom is -0.493 e. The maximum atomic E-state index is 10.1. The number of aliphatic hydroxyl groups is 1. The summed E-state index contributed by atoms with van der Waals surface area (Å²) in [6.07, 6.45) is 1.57. The monoisotopic (exact) mass is 433 g/mol. The summed E-state index contributed by atoms with van der Waals surface area (Å²) in [5.74, 6) is 1.67. The van der Waals surface area contributed by atoms with Crippen molar-refractivity contribution in [3.05, 3.63) is 29.8 Å². The van der Waals surface area contributed by atoms with Gasteiger partial charge in [-0.25, -0.2) is 0 Å². The summed E-state index contributed by atoms with van der Waals surface area (Å²) in [5, 5.41) is 16.8. The van der Waals surface area contributed by atoms with Gasteiger partial charge < -0.3 is 20.5 Å². The molecule has 5 nitrogen and oxygen atoms in total. The lowest BCUT2D eigenvalue weighted by atomic mass is 10.0. The van der Waals surface area contributed by atoms with Crippen LogP contribution in [0.5, 0.6) is 5.75 Å². The van der Waals surface area contributed by atoms with Crippen LogP contribution in [-0.4, -0.2) is 36.4 Å². The van der Waals surface area contributed by atoms with E-state index in [9.17, 15) is 5.11 Å². The lowest BCUT2D eigenvalue weighted by molar-refractivity contribution is 0.0656. The second-order valence-corrected chi connectivity index (χ2v) is 5.92. The Morgan fingerprint density at radius 2 is 2.13 bits per heavy atom. The maximum Gasteiger partial charge on any atom is 0.191 e. The van der Waals surface area contributed by atoms with Crippen LogP contribution < -0.4 is 15.4 Å². The molecule has 2 unspecified atom stereocenters. The molecule has 1 aliphatic rings. The van der Waals surface area contributed by atoms with Gasteiger partial charge in [0.2, 0.25) is 0 Å². The van der Waals surface area contributed by atoms with Crippen molar-refractivity contribution in [2.75, 3.05) is 19.7 Å². The van der Waals surface area contributed by atoms with Crippen molar-refractivity contribution in [2.45, 2.75) is 45.3 Å². The number of nitrogens with zero attached hydrogens (tertiary/aromatic N) is 1. The van der Waals surface area contributed by atoms with Crippen LogP contribution in [0, 0.1) is 0 Å². The van der Waals surface area contributed by atoms with Crippen LogP contribution in [-0.2, 0) is 0 Å². The molecule has 0 aliphatic carbocycles. The van der Waals surface area contributed by atoms with E-state index in [2.05, 4.69) is 21.7 Å². The van der Waals surface area contributed by atoms with Gasteiger partial charge >= 0.3 is 0 Å². The fourth-order valence-electron chi connectivity index (χ4n) is 2.34. The fourth-order valence-corrected chi connectivity index (χ4v) is 2.34. The Balaban J connectivity index is 0.00000264. The number of hydrogen-bond acceptors (Lipinski definition) is 3. The van der Waals surface area contributed by atoms with Crippen LogP contribution in [0.4, 0.5) is 0 Å². The molecule has 130 valence electrons. The Hall–Kier alpha value is -1.02. The summed E-state index contributed by atoms with van der Waals surface area (Å²) in [7, 11) is 0. The van der Waals surface area contributed by atoms with Gasteiger partial charge in [0.15, 0.2) is 5.96 Å². The first-order valence-corrected chi connectivity index (χ1v) is 8.04. The highest BCUT2D eigenvalue weighted by molar-refractivity contribution is 14.0. The van der Waals surface area contributed by atoms with Gasteiger partial charge in [-0.2, -0.15) is 0 Å². The summed E-state index contributed by atoms with van der Waals surface area (Å²) in [5.41, 5.74) is 0.386. The minimum atomic E-state index is -0.768. The Bertz CT molecular complexity index is 520. The average molecular weight is 433 g/mol. The first-order valence-electron chi connectivity index (χ1n) is 8.04. The molecule has 0 radical (unpaired) electrons. The van der Waals surface area contributed by atoms with E-state index in [0.29, 0.717) is 19.6 Å². The fraction of sp³-hybridized carbons (Fsp3) is 0.588. The summed E-state index contributed by atoms with van der Waals surface area (Å²) in [6, 6.07) is 8.26. The van der Waals surface area contributed by atoms with Crippen LogP contribution in [0.15, 0.2) is 29.3 Å². The number of fused-ring (bicyclic) bond motifs is 1. The Morgan fingerprint density at radius 1 is 1.39 bits per heavy atom. The van der Waals surface area contributed by atoms with E-state index in [1.165, 1.54) is 0 Å². The van der Waals surface area contributed by atoms with E-state index in [1.807, 2.05) is 39.0 Å². The van der Waals surface area contributed by atoms with Crippen LogP contribution in [0.1, 0.15) is 45.2 Å². The number of rotatable bonds is 5. The summed E-state index contributed by atoms with van der Waals surface area (Å²) in [6.45, 7) is 7.66. The van der Waals surface area contributed by atoms with Gasteiger partial charge in [-0.05, 0) is 26.3 Å². The molecule has 6 heteroatoms. The van der Waals surface area contributed by atoms with Crippen molar-refractivity contribution in [3.8, 4) is 5.75 Å². The molecule has 1 aromatic rings. The zero-order valence-electron chi connectivity index (χ0n) is 14.1. The molecule has 2 atom stereocenters. The third kappa shape index (κ3) is 5.84. The summed E-state index contributed by atoms with van der Waals surface area (Å²) < 4.78 is 5.69. The van der Waals surface area contributed by atoms with E-state index >= 15 is 0 Å². The number of halogens is 1. The molecule has 0 saturated heterocycles. The molecule has 0 amide bonds. The van der Waals surface area contributed by atoms with E-state index < -0.39 is 5.60 Å².